The molecule has 0 unspecified atom stereocenters. The summed E-state index contributed by atoms with van der Waals surface area (Å²) in [6.45, 7) is -0.232. The molecule has 32 heavy (non-hydrogen) atoms. The number of carbonyl (C=O) groups is 2. The Morgan fingerprint density at radius 1 is 0.812 bits per heavy atom. The van der Waals surface area contributed by atoms with Crippen molar-refractivity contribution >= 4 is 17.9 Å². The van der Waals surface area contributed by atoms with Crippen molar-refractivity contribution in [3.63, 3.8) is 0 Å². The average molecular weight is 432 g/mol. The van der Waals surface area contributed by atoms with Crippen LogP contribution in [0.5, 0.6) is 17.2 Å². The molecule has 3 aromatic carbocycles. The molecule has 0 saturated carbocycles. The van der Waals surface area contributed by atoms with Gasteiger partial charge in [0.2, 0.25) is 0 Å². The standard InChI is InChI=1S/C25H24N2O5/c1-30-22-14-8-18(16-23(22)31-2)9-15-24(28)26-27-25(29)17-32-21-12-10-20(11-13-21)19-6-4-3-5-7-19/h3-16H,17H2,1-2H3,(H,26,28)(H,27,29). The lowest BCUT2D eigenvalue weighted by molar-refractivity contribution is -0.128. The van der Waals surface area contributed by atoms with Gasteiger partial charge in [-0.3, -0.25) is 20.4 Å². The predicted molar refractivity (Wildman–Crippen MR) is 122 cm³/mol. The van der Waals surface area contributed by atoms with Crippen LogP contribution in [0.25, 0.3) is 17.2 Å². The molecule has 0 atom stereocenters. The molecule has 3 rings (SSSR count). The Morgan fingerprint density at radius 2 is 1.50 bits per heavy atom. The SMILES string of the molecule is COc1ccc(C=CC(=O)NNC(=O)COc2ccc(-c3ccccc3)cc2)cc1OC. The number of hydrazine groups is 1. The van der Waals surface area contributed by atoms with Crippen molar-refractivity contribution in [1.82, 2.24) is 10.9 Å². The van der Waals surface area contributed by atoms with Gasteiger partial charge in [-0.2, -0.15) is 0 Å². The minimum Gasteiger partial charge on any atom is -0.493 e. The number of hydrogen-bond donors (Lipinski definition) is 2. The molecule has 7 nitrogen and oxygen atoms in total. The van der Waals surface area contributed by atoms with Crippen LogP contribution in [0.3, 0.4) is 0 Å². The normalized spacial score (nSPS) is 10.4. The highest BCUT2D eigenvalue weighted by molar-refractivity contribution is 5.93. The van der Waals surface area contributed by atoms with Gasteiger partial charge in [-0.1, -0.05) is 48.5 Å². The highest BCUT2D eigenvalue weighted by atomic mass is 16.5. The lowest BCUT2D eigenvalue weighted by Crippen LogP contribution is -2.43. The molecule has 0 heterocycles. The van der Waals surface area contributed by atoms with Crippen LogP contribution in [0, 0.1) is 0 Å². The van der Waals surface area contributed by atoms with Crippen molar-refractivity contribution in [3.8, 4) is 28.4 Å². The van der Waals surface area contributed by atoms with Crippen LogP contribution >= 0.6 is 0 Å². The summed E-state index contributed by atoms with van der Waals surface area (Å²) < 4.78 is 15.9. The zero-order valence-electron chi connectivity index (χ0n) is 17.8. The van der Waals surface area contributed by atoms with E-state index in [1.165, 1.54) is 13.2 Å². The van der Waals surface area contributed by atoms with Gasteiger partial charge in [0, 0.05) is 6.08 Å². The third-order valence-corrected chi connectivity index (χ3v) is 4.49. The fraction of sp³-hybridized carbons (Fsp3) is 0.120. The Bertz CT molecular complexity index is 1080. The summed E-state index contributed by atoms with van der Waals surface area (Å²) in [5.74, 6) is 0.734. The molecule has 3 aromatic rings. The van der Waals surface area contributed by atoms with Gasteiger partial charge in [-0.15, -0.1) is 0 Å². The summed E-state index contributed by atoms with van der Waals surface area (Å²) in [4.78, 5) is 23.9. The Hall–Kier alpha value is -4.26. The van der Waals surface area contributed by atoms with Gasteiger partial charge >= 0.3 is 0 Å². The van der Waals surface area contributed by atoms with Crippen LogP contribution in [0.4, 0.5) is 0 Å². The molecule has 0 aliphatic carbocycles. The highest BCUT2D eigenvalue weighted by Crippen LogP contribution is 2.28. The molecule has 0 aliphatic heterocycles. The minimum absolute atomic E-state index is 0.232. The van der Waals surface area contributed by atoms with E-state index < -0.39 is 11.8 Å². The van der Waals surface area contributed by atoms with Gasteiger partial charge in [0.25, 0.3) is 11.8 Å². The van der Waals surface area contributed by atoms with Gasteiger partial charge in [0.1, 0.15) is 5.75 Å². The van der Waals surface area contributed by atoms with Gasteiger partial charge < -0.3 is 14.2 Å². The first kappa shape index (κ1) is 22.4. The molecule has 2 amide bonds. The Kier molecular flexibility index (Phi) is 7.86. The first-order valence-electron chi connectivity index (χ1n) is 9.86. The number of methoxy groups -OCH3 is 2. The molecule has 0 bridgehead atoms. The average Bonchev–Trinajstić information content (AvgIpc) is 2.85. The van der Waals surface area contributed by atoms with Crippen LogP contribution in [0.2, 0.25) is 0 Å². The van der Waals surface area contributed by atoms with Crippen molar-refractivity contribution in [2.45, 2.75) is 0 Å². The van der Waals surface area contributed by atoms with E-state index in [0.717, 1.165) is 16.7 Å². The van der Waals surface area contributed by atoms with E-state index in [1.54, 1.807) is 43.5 Å². The number of ether oxygens (including phenoxy) is 3. The van der Waals surface area contributed by atoms with E-state index in [1.807, 2.05) is 42.5 Å². The van der Waals surface area contributed by atoms with E-state index in [4.69, 9.17) is 14.2 Å². The zero-order valence-corrected chi connectivity index (χ0v) is 17.8. The fourth-order valence-corrected chi connectivity index (χ4v) is 2.86. The van der Waals surface area contributed by atoms with E-state index in [9.17, 15) is 9.59 Å². The van der Waals surface area contributed by atoms with E-state index in [2.05, 4.69) is 10.9 Å². The summed E-state index contributed by atoms with van der Waals surface area (Å²) in [6.07, 6.45) is 2.89. The fourth-order valence-electron chi connectivity index (χ4n) is 2.86. The molecule has 0 spiro atoms. The second kappa shape index (κ2) is 11.2. The van der Waals surface area contributed by atoms with Gasteiger partial charge in [0.05, 0.1) is 14.2 Å². The number of rotatable bonds is 8. The van der Waals surface area contributed by atoms with Crippen molar-refractivity contribution < 1.29 is 23.8 Å². The number of benzene rings is 3. The number of carbonyl (C=O) groups excluding carboxylic acids is 2. The van der Waals surface area contributed by atoms with Crippen molar-refractivity contribution in [2.24, 2.45) is 0 Å². The third kappa shape index (κ3) is 6.37. The Balaban J connectivity index is 1.43. The number of nitrogens with one attached hydrogen (secondary N) is 2. The Labute approximate surface area is 186 Å². The molecule has 164 valence electrons. The van der Waals surface area contributed by atoms with Crippen LogP contribution in [0.15, 0.2) is 78.9 Å². The van der Waals surface area contributed by atoms with E-state index in [0.29, 0.717) is 17.2 Å². The summed E-state index contributed by atoms with van der Waals surface area (Å²) in [5, 5.41) is 0. The second-order valence-corrected chi connectivity index (χ2v) is 6.66. The molecule has 0 aliphatic rings. The molecular formula is C25H24N2O5. The van der Waals surface area contributed by atoms with Crippen LogP contribution in [0.1, 0.15) is 5.56 Å². The Morgan fingerprint density at radius 3 is 2.19 bits per heavy atom. The zero-order chi connectivity index (χ0) is 22.8. The molecule has 7 heteroatoms. The maximum Gasteiger partial charge on any atom is 0.276 e. The van der Waals surface area contributed by atoms with E-state index in [-0.39, 0.29) is 6.61 Å². The topological polar surface area (TPSA) is 85.9 Å². The maximum atomic E-state index is 11.9. The molecule has 0 saturated heterocycles. The summed E-state index contributed by atoms with van der Waals surface area (Å²) in [5.41, 5.74) is 7.51. The first-order chi connectivity index (χ1) is 15.6. The largest absolute Gasteiger partial charge is 0.493 e. The van der Waals surface area contributed by atoms with Crippen molar-refractivity contribution in [1.29, 1.82) is 0 Å². The van der Waals surface area contributed by atoms with Crippen molar-refractivity contribution in [2.75, 3.05) is 20.8 Å². The van der Waals surface area contributed by atoms with Crippen LogP contribution in [-0.2, 0) is 9.59 Å². The molecule has 0 aromatic heterocycles. The quantitative estimate of drug-likeness (QED) is 0.420. The summed E-state index contributed by atoms with van der Waals surface area (Å²) >= 11 is 0. The molecule has 2 N–H and O–H groups in total. The first-order valence-corrected chi connectivity index (χ1v) is 9.86. The van der Waals surface area contributed by atoms with Crippen LogP contribution in [-0.4, -0.2) is 32.6 Å². The number of hydrogen-bond acceptors (Lipinski definition) is 5. The van der Waals surface area contributed by atoms with E-state index >= 15 is 0 Å². The van der Waals surface area contributed by atoms with Gasteiger partial charge in [-0.05, 0) is 47.0 Å². The maximum absolute atomic E-state index is 11.9. The van der Waals surface area contributed by atoms with Gasteiger partial charge in [-0.25, -0.2) is 0 Å². The summed E-state index contributed by atoms with van der Waals surface area (Å²) in [7, 11) is 3.08. The predicted octanol–water partition coefficient (Wildman–Crippen LogP) is 3.61. The highest BCUT2D eigenvalue weighted by Gasteiger charge is 2.06. The summed E-state index contributed by atoms with van der Waals surface area (Å²) in [6, 6.07) is 22.6. The minimum atomic E-state index is -0.486. The molecule has 0 fully saturated rings. The molecule has 0 radical (unpaired) electrons. The smallest absolute Gasteiger partial charge is 0.276 e. The van der Waals surface area contributed by atoms with Crippen molar-refractivity contribution in [3.05, 3.63) is 84.4 Å². The second-order valence-electron chi connectivity index (χ2n) is 6.66. The van der Waals surface area contributed by atoms with Crippen LogP contribution < -0.4 is 25.1 Å². The lowest BCUT2D eigenvalue weighted by atomic mass is 10.1. The lowest BCUT2D eigenvalue weighted by Gasteiger charge is -2.09. The van der Waals surface area contributed by atoms with Gasteiger partial charge in [0.15, 0.2) is 18.1 Å². The third-order valence-electron chi connectivity index (χ3n) is 4.49. The monoisotopic (exact) mass is 432 g/mol. The number of amides is 2. The molecular weight excluding hydrogens is 408 g/mol.